The molecule has 2 amide bonds. The Kier molecular flexibility index (Phi) is 4.09. The first-order chi connectivity index (χ1) is 11.4. The van der Waals surface area contributed by atoms with E-state index in [2.05, 4.69) is 5.32 Å². The van der Waals surface area contributed by atoms with Gasteiger partial charge in [-0.3, -0.25) is 9.59 Å². The molecule has 0 bridgehead atoms. The molecule has 0 aliphatic carbocycles. The number of hydrogen-bond acceptors (Lipinski definition) is 3. The maximum Gasteiger partial charge on any atom is 0.256 e. The first-order valence-corrected chi connectivity index (χ1v) is 7.83. The maximum absolute atomic E-state index is 13.3. The van der Waals surface area contributed by atoms with Crippen molar-refractivity contribution >= 4 is 23.2 Å². The van der Waals surface area contributed by atoms with Crippen LogP contribution in [0, 0.1) is 26.6 Å². The topological polar surface area (TPSA) is 49.4 Å². The molecule has 4 nitrogen and oxygen atoms in total. The third-order valence-corrected chi connectivity index (χ3v) is 4.17. The third kappa shape index (κ3) is 2.89. The van der Waals surface area contributed by atoms with Crippen LogP contribution in [0.4, 0.5) is 15.8 Å². The molecule has 2 aromatic carbocycles. The van der Waals surface area contributed by atoms with Crippen LogP contribution in [0.2, 0.25) is 0 Å². The van der Waals surface area contributed by atoms with Crippen LogP contribution >= 0.6 is 0 Å². The highest BCUT2D eigenvalue weighted by atomic mass is 19.1. The van der Waals surface area contributed by atoms with E-state index in [-0.39, 0.29) is 24.1 Å². The Morgan fingerprint density at radius 1 is 1.08 bits per heavy atom. The molecule has 1 saturated heterocycles. The normalized spacial score (nSPS) is 17.5. The molecule has 24 heavy (non-hydrogen) atoms. The van der Waals surface area contributed by atoms with Crippen molar-refractivity contribution in [3.63, 3.8) is 0 Å². The van der Waals surface area contributed by atoms with Gasteiger partial charge in [-0.15, -0.1) is 0 Å². The number of hydrogen-bond donors (Lipinski definition) is 1. The number of imide groups is 1. The number of benzene rings is 2. The highest BCUT2D eigenvalue weighted by Gasteiger charge is 2.40. The van der Waals surface area contributed by atoms with E-state index in [1.165, 1.54) is 17.0 Å². The van der Waals surface area contributed by atoms with Crippen molar-refractivity contribution in [2.45, 2.75) is 33.2 Å². The summed E-state index contributed by atoms with van der Waals surface area (Å²) in [6.45, 7) is 5.76. The van der Waals surface area contributed by atoms with Gasteiger partial charge in [-0.05, 0) is 50.1 Å². The molecule has 1 aliphatic heterocycles. The van der Waals surface area contributed by atoms with Gasteiger partial charge in [0.2, 0.25) is 5.91 Å². The van der Waals surface area contributed by atoms with E-state index in [1.807, 2.05) is 32.9 Å². The van der Waals surface area contributed by atoms with Crippen LogP contribution in [0.3, 0.4) is 0 Å². The number of halogens is 1. The fraction of sp³-hybridized carbons (Fsp3) is 0.263. The molecule has 1 N–H and O–H groups in total. The average molecular weight is 326 g/mol. The molecule has 0 aromatic heterocycles. The minimum absolute atomic E-state index is 0.0576. The van der Waals surface area contributed by atoms with Crippen molar-refractivity contribution in [2.24, 2.45) is 0 Å². The van der Waals surface area contributed by atoms with Gasteiger partial charge in [-0.2, -0.15) is 0 Å². The Bertz CT molecular complexity index is 809. The zero-order valence-electron chi connectivity index (χ0n) is 13.9. The number of anilines is 2. The minimum atomic E-state index is -0.681. The van der Waals surface area contributed by atoms with Gasteiger partial charge in [-0.25, -0.2) is 9.29 Å². The maximum atomic E-state index is 13.3. The highest BCUT2D eigenvalue weighted by molar-refractivity contribution is 6.23. The molecule has 1 heterocycles. The van der Waals surface area contributed by atoms with Crippen LogP contribution in [0.1, 0.15) is 23.1 Å². The number of carbonyl (C=O) groups excluding carboxylic acids is 2. The lowest BCUT2D eigenvalue weighted by Crippen LogP contribution is -2.35. The number of aryl methyl sites for hydroxylation is 3. The van der Waals surface area contributed by atoms with E-state index in [0.717, 1.165) is 16.7 Å². The molecule has 2 aromatic rings. The van der Waals surface area contributed by atoms with Crippen LogP contribution < -0.4 is 10.2 Å². The molecule has 5 heteroatoms. The summed E-state index contributed by atoms with van der Waals surface area (Å²) in [6.07, 6.45) is 0.0576. The number of amides is 2. The Balaban J connectivity index is 1.90. The molecule has 0 radical (unpaired) electrons. The first-order valence-electron chi connectivity index (χ1n) is 7.83. The summed E-state index contributed by atoms with van der Waals surface area (Å²) >= 11 is 0. The Labute approximate surface area is 140 Å². The summed E-state index contributed by atoms with van der Waals surface area (Å²) in [5, 5.41) is 2.96. The largest absolute Gasteiger partial charge is 0.373 e. The van der Waals surface area contributed by atoms with Crippen LogP contribution in [0.5, 0.6) is 0 Å². The van der Waals surface area contributed by atoms with Gasteiger partial charge in [0.25, 0.3) is 5.91 Å². The van der Waals surface area contributed by atoms with Crippen molar-refractivity contribution < 1.29 is 14.0 Å². The van der Waals surface area contributed by atoms with Crippen LogP contribution in [-0.2, 0) is 9.59 Å². The second-order valence-electron chi connectivity index (χ2n) is 6.23. The molecule has 124 valence electrons. The second-order valence-corrected chi connectivity index (χ2v) is 6.23. The smallest absolute Gasteiger partial charge is 0.256 e. The van der Waals surface area contributed by atoms with E-state index in [4.69, 9.17) is 0 Å². The summed E-state index contributed by atoms with van der Waals surface area (Å²) in [5.41, 5.74) is 4.00. The van der Waals surface area contributed by atoms with E-state index in [0.29, 0.717) is 11.4 Å². The fourth-order valence-electron chi connectivity index (χ4n) is 3.28. The van der Waals surface area contributed by atoms with Crippen molar-refractivity contribution in [1.29, 1.82) is 0 Å². The van der Waals surface area contributed by atoms with Gasteiger partial charge in [0.15, 0.2) is 0 Å². The molecule has 1 atom stereocenters. The lowest BCUT2D eigenvalue weighted by atomic mass is 10.0. The number of nitrogens with one attached hydrogen (secondary N) is 1. The molecule has 1 unspecified atom stereocenters. The number of nitrogens with zero attached hydrogens (tertiary/aromatic N) is 1. The first kappa shape index (κ1) is 16.2. The Morgan fingerprint density at radius 2 is 1.75 bits per heavy atom. The number of rotatable bonds is 3. The lowest BCUT2D eigenvalue weighted by molar-refractivity contribution is -0.121. The zero-order chi connectivity index (χ0) is 17.4. The molecule has 1 fully saturated rings. The Morgan fingerprint density at radius 3 is 2.38 bits per heavy atom. The third-order valence-electron chi connectivity index (χ3n) is 4.17. The molecule has 3 rings (SSSR count). The van der Waals surface area contributed by atoms with E-state index < -0.39 is 6.04 Å². The van der Waals surface area contributed by atoms with Crippen LogP contribution in [0.25, 0.3) is 0 Å². The van der Waals surface area contributed by atoms with E-state index in [9.17, 15) is 14.0 Å². The molecule has 0 spiro atoms. The van der Waals surface area contributed by atoms with Gasteiger partial charge in [-0.1, -0.05) is 23.8 Å². The molecular formula is C19H19FN2O2. The number of carbonyl (C=O) groups is 2. The molecule has 1 aliphatic rings. The van der Waals surface area contributed by atoms with E-state index >= 15 is 0 Å². The van der Waals surface area contributed by atoms with Crippen molar-refractivity contribution in [2.75, 3.05) is 10.2 Å². The van der Waals surface area contributed by atoms with Gasteiger partial charge in [0, 0.05) is 5.69 Å². The van der Waals surface area contributed by atoms with Crippen molar-refractivity contribution in [3.8, 4) is 0 Å². The quantitative estimate of drug-likeness (QED) is 0.878. The van der Waals surface area contributed by atoms with Crippen LogP contribution in [-0.4, -0.2) is 17.9 Å². The van der Waals surface area contributed by atoms with E-state index in [1.54, 1.807) is 12.1 Å². The van der Waals surface area contributed by atoms with Gasteiger partial charge >= 0.3 is 0 Å². The van der Waals surface area contributed by atoms with Crippen molar-refractivity contribution in [3.05, 3.63) is 58.9 Å². The van der Waals surface area contributed by atoms with Gasteiger partial charge in [0.1, 0.15) is 11.9 Å². The zero-order valence-corrected chi connectivity index (χ0v) is 13.9. The summed E-state index contributed by atoms with van der Waals surface area (Å²) in [4.78, 5) is 26.4. The van der Waals surface area contributed by atoms with Gasteiger partial charge < -0.3 is 5.32 Å². The predicted molar refractivity (Wildman–Crippen MR) is 91.6 cm³/mol. The summed E-state index contributed by atoms with van der Waals surface area (Å²) in [5.74, 6) is -0.942. The predicted octanol–water partition coefficient (Wildman–Crippen LogP) is 3.49. The summed E-state index contributed by atoms with van der Waals surface area (Å²) in [6, 6.07) is 9.10. The monoisotopic (exact) mass is 326 g/mol. The Hall–Kier alpha value is -2.69. The second kappa shape index (κ2) is 6.07. The van der Waals surface area contributed by atoms with Gasteiger partial charge in [0.05, 0.1) is 12.1 Å². The average Bonchev–Trinajstić information content (AvgIpc) is 2.74. The molecule has 0 saturated carbocycles. The molecular weight excluding hydrogens is 307 g/mol. The lowest BCUT2D eigenvalue weighted by Gasteiger charge is -2.21. The summed E-state index contributed by atoms with van der Waals surface area (Å²) in [7, 11) is 0. The standard InChI is InChI=1S/C19H19FN2O2/c1-11-7-12(2)18(13(3)8-11)22-17(23)10-16(19(22)24)21-15-6-4-5-14(20)9-15/h4-9,16,21H,10H2,1-3H3. The SMILES string of the molecule is Cc1cc(C)c(N2C(=O)CC(Nc3cccc(F)c3)C2=O)c(C)c1. The fourth-order valence-corrected chi connectivity index (χ4v) is 3.28. The van der Waals surface area contributed by atoms with Crippen molar-refractivity contribution in [1.82, 2.24) is 0 Å². The highest BCUT2D eigenvalue weighted by Crippen LogP contribution is 2.31. The van der Waals surface area contributed by atoms with Crippen LogP contribution in [0.15, 0.2) is 36.4 Å². The minimum Gasteiger partial charge on any atom is -0.373 e. The summed E-state index contributed by atoms with van der Waals surface area (Å²) < 4.78 is 13.3.